The van der Waals surface area contributed by atoms with Gasteiger partial charge in [0.1, 0.15) is 27.8 Å². The third kappa shape index (κ3) is 4.98. The van der Waals surface area contributed by atoms with Gasteiger partial charge in [-0.25, -0.2) is 4.98 Å². The van der Waals surface area contributed by atoms with Crippen LogP contribution in [0.4, 0.5) is 17.1 Å². The summed E-state index contributed by atoms with van der Waals surface area (Å²) in [6.45, 7) is 0. The maximum absolute atomic E-state index is 6.45. The fourth-order valence-electron chi connectivity index (χ4n) is 7.73. The van der Waals surface area contributed by atoms with Gasteiger partial charge >= 0.3 is 0 Å². The van der Waals surface area contributed by atoms with Crippen molar-refractivity contribution >= 4 is 72.0 Å². The molecule has 0 N–H and O–H groups in total. The lowest BCUT2D eigenvalue weighted by Gasteiger charge is -2.26. The summed E-state index contributed by atoms with van der Waals surface area (Å²) < 4.78 is 18.8. The van der Waals surface area contributed by atoms with Crippen molar-refractivity contribution in [2.75, 3.05) is 4.90 Å². The van der Waals surface area contributed by atoms with Crippen LogP contribution in [0.1, 0.15) is 0 Å². The molecule has 5 heteroatoms. The average Bonchev–Trinajstić information content (AvgIpc) is 3.95. The normalized spacial score (nSPS) is 11.7. The zero-order chi connectivity index (χ0) is 35.6. The number of nitrogens with zero attached hydrogens (tertiary/aromatic N) is 2. The number of benzene rings is 8. The highest BCUT2D eigenvalue weighted by atomic mass is 16.4. The van der Waals surface area contributed by atoms with Gasteiger partial charge in [0.15, 0.2) is 5.58 Å². The second-order valence-electron chi connectivity index (χ2n) is 13.6. The smallest absolute Gasteiger partial charge is 0.228 e. The summed E-state index contributed by atoms with van der Waals surface area (Å²) in [6, 6.07) is 62.9. The van der Waals surface area contributed by atoms with Crippen molar-refractivity contribution in [2.24, 2.45) is 0 Å². The molecule has 3 heterocycles. The van der Waals surface area contributed by atoms with Crippen molar-refractivity contribution < 1.29 is 13.3 Å². The Kier molecular flexibility index (Phi) is 6.79. The molecular formula is C49H30N2O3. The SMILES string of the molecule is c1ccc(-c2cccc(N(c3ccc(-c4ccc5c(c4)oc4cccc(-c6nc7ccccc7o6)c45)cc3)c3ccc4oc5ccccc5c4c3)c2)cc1. The number of rotatable bonds is 6. The van der Waals surface area contributed by atoms with Crippen LogP contribution in [-0.4, -0.2) is 4.98 Å². The van der Waals surface area contributed by atoms with E-state index in [1.807, 2.05) is 54.6 Å². The Morgan fingerprint density at radius 2 is 1.00 bits per heavy atom. The first-order valence-electron chi connectivity index (χ1n) is 18.0. The summed E-state index contributed by atoms with van der Waals surface area (Å²) >= 11 is 0. The summed E-state index contributed by atoms with van der Waals surface area (Å²) in [7, 11) is 0. The zero-order valence-corrected chi connectivity index (χ0v) is 28.9. The summed E-state index contributed by atoms with van der Waals surface area (Å²) in [5.74, 6) is 0.586. The molecule has 0 spiro atoms. The van der Waals surface area contributed by atoms with Crippen LogP contribution in [0.2, 0.25) is 0 Å². The van der Waals surface area contributed by atoms with Crippen LogP contribution in [0.25, 0.3) is 88.7 Å². The van der Waals surface area contributed by atoms with Gasteiger partial charge in [0.05, 0.1) is 0 Å². The summed E-state index contributed by atoms with van der Waals surface area (Å²) in [5.41, 5.74) is 13.5. The molecule has 3 aromatic heterocycles. The van der Waals surface area contributed by atoms with Crippen LogP contribution < -0.4 is 4.90 Å². The molecule has 0 amide bonds. The van der Waals surface area contributed by atoms with E-state index in [2.05, 4.69) is 132 Å². The van der Waals surface area contributed by atoms with E-state index in [0.717, 1.165) is 94.3 Å². The van der Waals surface area contributed by atoms with E-state index in [9.17, 15) is 0 Å². The van der Waals surface area contributed by atoms with Crippen LogP contribution in [0.15, 0.2) is 195 Å². The molecule has 254 valence electrons. The van der Waals surface area contributed by atoms with Crippen LogP contribution in [0, 0.1) is 0 Å². The van der Waals surface area contributed by atoms with E-state index in [0.29, 0.717) is 5.89 Å². The molecule has 0 saturated heterocycles. The van der Waals surface area contributed by atoms with Gasteiger partial charge in [0.25, 0.3) is 0 Å². The third-order valence-electron chi connectivity index (χ3n) is 10.3. The molecule has 0 unspecified atom stereocenters. The van der Waals surface area contributed by atoms with E-state index in [1.165, 1.54) is 5.56 Å². The maximum Gasteiger partial charge on any atom is 0.228 e. The van der Waals surface area contributed by atoms with Crippen molar-refractivity contribution in [2.45, 2.75) is 0 Å². The Morgan fingerprint density at radius 1 is 0.352 bits per heavy atom. The van der Waals surface area contributed by atoms with Crippen LogP contribution >= 0.6 is 0 Å². The van der Waals surface area contributed by atoms with E-state index < -0.39 is 0 Å². The number of para-hydroxylation sites is 3. The topological polar surface area (TPSA) is 55.6 Å². The Bertz CT molecular complexity index is 3140. The molecule has 0 radical (unpaired) electrons. The zero-order valence-electron chi connectivity index (χ0n) is 28.9. The molecular weight excluding hydrogens is 665 g/mol. The largest absolute Gasteiger partial charge is 0.456 e. The fraction of sp³-hybridized carbons (Fsp3) is 0. The number of aromatic nitrogens is 1. The van der Waals surface area contributed by atoms with Crippen molar-refractivity contribution in [1.82, 2.24) is 4.98 Å². The Morgan fingerprint density at radius 3 is 1.89 bits per heavy atom. The first-order valence-corrected chi connectivity index (χ1v) is 18.0. The predicted molar refractivity (Wildman–Crippen MR) is 220 cm³/mol. The average molecular weight is 695 g/mol. The standard InChI is InChI=1S/C49H30N2O3/c1-2-10-31(11-3-1)33-12-8-13-36(28-33)51(37-25-27-44-41(30-37)38-14-4-6-17-43(38)52-44)35-23-20-32(21-24-35)34-22-26-39-47(29-34)53-46-19-9-15-40(48(39)46)49-50-42-16-5-7-18-45(42)54-49/h1-30H. The lowest BCUT2D eigenvalue weighted by atomic mass is 10.0. The van der Waals surface area contributed by atoms with Crippen molar-refractivity contribution in [1.29, 1.82) is 0 Å². The number of oxazole rings is 1. The van der Waals surface area contributed by atoms with Crippen molar-refractivity contribution in [3.8, 4) is 33.7 Å². The van der Waals surface area contributed by atoms with Gasteiger partial charge in [-0.15, -0.1) is 0 Å². The fourth-order valence-corrected chi connectivity index (χ4v) is 7.73. The van der Waals surface area contributed by atoms with E-state index in [4.69, 9.17) is 18.2 Å². The number of fused-ring (bicyclic) bond motifs is 7. The quantitative estimate of drug-likeness (QED) is 0.173. The second-order valence-corrected chi connectivity index (χ2v) is 13.6. The lowest BCUT2D eigenvalue weighted by Crippen LogP contribution is -2.10. The first-order chi connectivity index (χ1) is 26.7. The highest BCUT2D eigenvalue weighted by Crippen LogP contribution is 2.42. The Labute approximate surface area is 309 Å². The van der Waals surface area contributed by atoms with Gasteiger partial charge in [-0.3, -0.25) is 0 Å². The van der Waals surface area contributed by atoms with Crippen LogP contribution in [0.3, 0.4) is 0 Å². The molecule has 0 bridgehead atoms. The van der Waals surface area contributed by atoms with Gasteiger partial charge in [-0.2, -0.15) is 0 Å². The van der Waals surface area contributed by atoms with Gasteiger partial charge in [0.2, 0.25) is 5.89 Å². The summed E-state index contributed by atoms with van der Waals surface area (Å²) in [5, 5.41) is 4.21. The number of anilines is 3. The van der Waals surface area contributed by atoms with E-state index in [-0.39, 0.29) is 0 Å². The number of hydrogen-bond donors (Lipinski definition) is 0. The van der Waals surface area contributed by atoms with E-state index in [1.54, 1.807) is 0 Å². The molecule has 0 aliphatic heterocycles. The molecule has 0 fully saturated rings. The van der Waals surface area contributed by atoms with Crippen molar-refractivity contribution in [3.05, 3.63) is 182 Å². The molecule has 0 atom stereocenters. The molecule has 8 aromatic carbocycles. The highest BCUT2D eigenvalue weighted by molar-refractivity contribution is 6.12. The first kappa shape index (κ1) is 30.3. The lowest BCUT2D eigenvalue weighted by molar-refractivity contribution is 0.620. The molecule has 54 heavy (non-hydrogen) atoms. The molecule has 5 nitrogen and oxygen atoms in total. The summed E-state index contributed by atoms with van der Waals surface area (Å²) in [4.78, 5) is 7.09. The molecule has 11 rings (SSSR count). The van der Waals surface area contributed by atoms with Gasteiger partial charge in [-0.05, 0) is 107 Å². The monoisotopic (exact) mass is 694 g/mol. The third-order valence-corrected chi connectivity index (χ3v) is 10.3. The summed E-state index contributed by atoms with van der Waals surface area (Å²) in [6.07, 6.45) is 0. The molecule has 11 aromatic rings. The van der Waals surface area contributed by atoms with Gasteiger partial charge in [0, 0.05) is 44.2 Å². The number of hydrogen-bond acceptors (Lipinski definition) is 5. The van der Waals surface area contributed by atoms with Crippen LogP contribution in [0.5, 0.6) is 0 Å². The van der Waals surface area contributed by atoms with Crippen LogP contribution in [-0.2, 0) is 0 Å². The highest BCUT2D eigenvalue weighted by Gasteiger charge is 2.19. The molecule has 0 saturated carbocycles. The predicted octanol–water partition coefficient (Wildman–Crippen LogP) is 14.1. The van der Waals surface area contributed by atoms with Gasteiger partial charge in [-0.1, -0.05) is 97.1 Å². The van der Waals surface area contributed by atoms with Gasteiger partial charge < -0.3 is 18.2 Å². The minimum Gasteiger partial charge on any atom is -0.456 e. The Hall–Kier alpha value is -7.37. The van der Waals surface area contributed by atoms with Crippen molar-refractivity contribution in [3.63, 3.8) is 0 Å². The number of furan rings is 2. The molecule has 0 aliphatic carbocycles. The molecule has 0 aliphatic rings. The Balaban J connectivity index is 1.00. The van der Waals surface area contributed by atoms with E-state index >= 15 is 0 Å². The minimum atomic E-state index is 0.586. The second kappa shape index (κ2) is 12.1. The maximum atomic E-state index is 6.45. The minimum absolute atomic E-state index is 0.586.